The molecule has 5 heteroatoms. The number of carbonyl (C=O) groups is 1. The predicted octanol–water partition coefficient (Wildman–Crippen LogP) is 2.74. The van der Waals surface area contributed by atoms with Crippen molar-refractivity contribution in [1.82, 2.24) is 9.97 Å². The highest BCUT2D eigenvalue weighted by molar-refractivity contribution is 7.71. The second-order valence-corrected chi connectivity index (χ2v) is 3.70. The van der Waals surface area contributed by atoms with Crippen LogP contribution in [0.15, 0.2) is 30.5 Å². The van der Waals surface area contributed by atoms with Gasteiger partial charge in [0.05, 0.1) is 11.0 Å². The molecule has 0 aliphatic rings. The molecular formula is C11H11N3OS. The zero-order chi connectivity index (χ0) is 11.4. The lowest BCUT2D eigenvalue weighted by atomic mass is 10.3. The van der Waals surface area contributed by atoms with E-state index in [1.54, 1.807) is 12.3 Å². The molecule has 0 aliphatic carbocycles. The molecule has 0 fully saturated rings. The van der Waals surface area contributed by atoms with E-state index in [1.807, 2.05) is 18.2 Å². The lowest BCUT2D eigenvalue weighted by Gasteiger charge is -1.99. The number of aromatic amines is 2. The smallest absolute Gasteiger partial charge is 0.175 e. The highest BCUT2D eigenvalue weighted by Gasteiger charge is 1.96. The Kier molecular flexibility index (Phi) is 3.16. The fourth-order valence-corrected chi connectivity index (χ4v) is 1.62. The van der Waals surface area contributed by atoms with Crippen LogP contribution in [0.25, 0.3) is 11.0 Å². The van der Waals surface area contributed by atoms with Gasteiger partial charge in [-0.2, -0.15) is 0 Å². The molecule has 0 aliphatic heterocycles. The first-order chi connectivity index (χ1) is 7.79. The lowest BCUT2D eigenvalue weighted by molar-refractivity contribution is -0.107. The van der Waals surface area contributed by atoms with Crippen molar-refractivity contribution in [2.24, 2.45) is 0 Å². The van der Waals surface area contributed by atoms with E-state index in [0.29, 0.717) is 11.2 Å². The van der Waals surface area contributed by atoms with Crippen LogP contribution in [0.2, 0.25) is 0 Å². The van der Waals surface area contributed by atoms with Crippen LogP contribution in [0.5, 0.6) is 0 Å². The summed E-state index contributed by atoms with van der Waals surface area (Å²) >= 11 is 4.99. The monoisotopic (exact) mass is 233 g/mol. The highest BCUT2D eigenvalue weighted by atomic mass is 32.1. The molecule has 1 aromatic heterocycles. The Labute approximate surface area is 97.4 Å². The maximum atomic E-state index is 10.1. The number of hydrogen-bond donors (Lipinski definition) is 3. The van der Waals surface area contributed by atoms with Crippen molar-refractivity contribution < 1.29 is 4.79 Å². The summed E-state index contributed by atoms with van der Waals surface area (Å²) in [4.78, 5) is 16.2. The Morgan fingerprint density at radius 2 is 2.12 bits per heavy atom. The van der Waals surface area contributed by atoms with E-state index in [9.17, 15) is 4.79 Å². The fourth-order valence-electron chi connectivity index (χ4n) is 1.40. The van der Waals surface area contributed by atoms with Crippen molar-refractivity contribution in [2.45, 2.75) is 6.42 Å². The molecule has 1 heterocycles. The third kappa shape index (κ3) is 2.38. The summed E-state index contributed by atoms with van der Waals surface area (Å²) in [5, 5.41) is 3.07. The first-order valence-electron chi connectivity index (χ1n) is 4.87. The van der Waals surface area contributed by atoms with Crippen LogP contribution in [0.3, 0.4) is 0 Å². The Hall–Kier alpha value is -1.88. The molecule has 1 aromatic carbocycles. The molecule has 0 saturated heterocycles. The summed E-state index contributed by atoms with van der Waals surface area (Å²) in [5.41, 5.74) is 2.88. The van der Waals surface area contributed by atoms with Gasteiger partial charge < -0.3 is 20.1 Å². The van der Waals surface area contributed by atoms with E-state index in [-0.39, 0.29) is 0 Å². The number of imidazole rings is 1. The standard InChI is InChI=1S/C11H11N3OS/c15-6-2-1-5-12-8-3-4-9-10(7-8)14-11(16)13-9/h1,3-7,12H,2H2,(H2,13,14,16)/b5-1+. The topological polar surface area (TPSA) is 60.7 Å². The molecule has 16 heavy (non-hydrogen) atoms. The maximum Gasteiger partial charge on any atom is 0.175 e. The number of H-pyrrole nitrogens is 2. The van der Waals surface area contributed by atoms with Crippen LogP contribution in [0.1, 0.15) is 6.42 Å². The molecule has 82 valence electrons. The number of allylic oxidation sites excluding steroid dienone is 1. The molecule has 0 unspecified atom stereocenters. The zero-order valence-electron chi connectivity index (χ0n) is 8.49. The van der Waals surface area contributed by atoms with Crippen LogP contribution in [-0.4, -0.2) is 16.3 Å². The van der Waals surface area contributed by atoms with Crippen molar-refractivity contribution in [1.29, 1.82) is 0 Å². The average Bonchev–Trinajstić information content (AvgIpc) is 2.64. The average molecular weight is 233 g/mol. The summed E-state index contributed by atoms with van der Waals surface area (Å²) in [6.45, 7) is 0. The van der Waals surface area contributed by atoms with Crippen molar-refractivity contribution in [3.8, 4) is 0 Å². The normalized spacial score (nSPS) is 11.0. The van der Waals surface area contributed by atoms with Gasteiger partial charge in [-0.15, -0.1) is 0 Å². The Balaban J connectivity index is 2.19. The van der Waals surface area contributed by atoms with E-state index in [4.69, 9.17) is 12.2 Å². The minimum Gasteiger partial charge on any atom is -0.362 e. The molecule has 3 N–H and O–H groups in total. The molecule has 0 amide bonds. The van der Waals surface area contributed by atoms with E-state index in [2.05, 4.69) is 15.3 Å². The van der Waals surface area contributed by atoms with E-state index >= 15 is 0 Å². The molecule has 0 bridgehead atoms. The van der Waals surface area contributed by atoms with Gasteiger partial charge in [0.25, 0.3) is 0 Å². The van der Waals surface area contributed by atoms with Gasteiger partial charge in [-0.25, -0.2) is 0 Å². The van der Waals surface area contributed by atoms with Gasteiger partial charge in [-0.05, 0) is 36.6 Å². The molecule has 2 aromatic rings. The SMILES string of the molecule is O=CC/C=C/Nc1ccc2[nH]c(=S)[nH]c2c1. The quantitative estimate of drug-likeness (QED) is 0.562. The van der Waals surface area contributed by atoms with Crippen LogP contribution in [0.4, 0.5) is 5.69 Å². The first-order valence-corrected chi connectivity index (χ1v) is 5.27. The van der Waals surface area contributed by atoms with Gasteiger partial charge in [0.1, 0.15) is 6.29 Å². The zero-order valence-corrected chi connectivity index (χ0v) is 9.30. The first kappa shape index (κ1) is 10.6. The minimum atomic E-state index is 0.418. The van der Waals surface area contributed by atoms with Gasteiger partial charge in [0.15, 0.2) is 4.77 Å². The number of nitrogens with one attached hydrogen (secondary N) is 3. The number of aromatic nitrogens is 2. The van der Waals surface area contributed by atoms with Crippen molar-refractivity contribution >= 4 is 35.2 Å². The third-order valence-electron chi connectivity index (χ3n) is 2.12. The second kappa shape index (κ2) is 4.76. The largest absolute Gasteiger partial charge is 0.362 e. The third-order valence-corrected chi connectivity index (χ3v) is 2.32. The van der Waals surface area contributed by atoms with E-state index in [0.717, 1.165) is 23.0 Å². The number of hydrogen-bond acceptors (Lipinski definition) is 3. The number of rotatable bonds is 4. The molecule has 2 rings (SSSR count). The fraction of sp³-hybridized carbons (Fsp3) is 0.0909. The van der Waals surface area contributed by atoms with Gasteiger partial charge in [-0.3, -0.25) is 0 Å². The Morgan fingerprint density at radius 1 is 1.31 bits per heavy atom. The number of anilines is 1. The summed E-state index contributed by atoms with van der Waals surface area (Å²) in [7, 11) is 0. The highest BCUT2D eigenvalue weighted by Crippen LogP contribution is 2.16. The summed E-state index contributed by atoms with van der Waals surface area (Å²) in [6, 6.07) is 5.83. The van der Waals surface area contributed by atoms with Crippen molar-refractivity contribution in [3.05, 3.63) is 35.2 Å². The summed E-state index contributed by atoms with van der Waals surface area (Å²) < 4.78 is 0.614. The molecule has 4 nitrogen and oxygen atoms in total. The second-order valence-electron chi connectivity index (χ2n) is 3.29. The van der Waals surface area contributed by atoms with Crippen molar-refractivity contribution in [2.75, 3.05) is 5.32 Å². The number of fused-ring (bicyclic) bond motifs is 1. The van der Waals surface area contributed by atoms with Gasteiger partial charge in [0, 0.05) is 12.1 Å². The number of carbonyl (C=O) groups excluding carboxylic acids is 1. The molecule has 0 radical (unpaired) electrons. The van der Waals surface area contributed by atoms with E-state index < -0.39 is 0 Å². The predicted molar refractivity (Wildman–Crippen MR) is 66.9 cm³/mol. The van der Waals surface area contributed by atoms with Crippen LogP contribution in [0, 0.1) is 4.77 Å². The lowest BCUT2D eigenvalue weighted by Crippen LogP contribution is -1.86. The molecule has 0 atom stereocenters. The number of aldehydes is 1. The molecule has 0 spiro atoms. The van der Waals surface area contributed by atoms with Crippen LogP contribution in [-0.2, 0) is 4.79 Å². The number of benzene rings is 1. The maximum absolute atomic E-state index is 10.1. The van der Waals surface area contributed by atoms with Gasteiger partial charge in [-0.1, -0.05) is 6.08 Å². The summed E-state index contributed by atoms with van der Waals surface area (Å²) in [5.74, 6) is 0. The summed E-state index contributed by atoms with van der Waals surface area (Å²) in [6.07, 6.45) is 4.78. The Bertz CT molecular complexity index is 582. The van der Waals surface area contributed by atoms with Crippen LogP contribution < -0.4 is 5.32 Å². The van der Waals surface area contributed by atoms with Gasteiger partial charge in [0.2, 0.25) is 0 Å². The van der Waals surface area contributed by atoms with Crippen LogP contribution >= 0.6 is 12.2 Å². The van der Waals surface area contributed by atoms with Crippen molar-refractivity contribution in [3.63, 3.8) is 0 Å². The molecule has 0 saturated carbocycles. The van der Waals surface area contributed by atoms with Gasteiger partial charge >= 0.3 is 0 Å². The molecular weight excluding hydrogens is 222 g/mol. The minimum absolute atomic E-state index is 0.418. The Morgan fingerprint density at radius 3 is 2.94 bits per heavy atom. The van der Waals surface area contributed by atoms with E-state index in [1.165, 1.54) is 0 Å².